The van der Waals surface area contributed by atoms with Crippen molar-refractivity contribution >= 4 is 5.97 Å². The number of hydrogen-bond donors (Lipinski definition) is 2. The molecule has 0 aliphatic heterocycles. The van der Waals surface area contributed by atoms with Crippen LogP contribution in [0.15, 0.2) is 24.3 Å². The van der Waals surface area contributed by atoms with E-state index in [1.807, 2.05) is 0 Å². The number of H-pyrrole nitrogens is 1. The van der Waals surface area contributed by atoms with E-state index in [4.69, 9.17) is 5.11 Å². The van der Waals surface area contributed by atoms with E-state index in [2.05, 4.69) is 20.6 Å². The molecular formula is C10H9FN4O2. The van der Waals surface area contributed by atoms with Gasteiger partial charge >= 0.3 is 5.97 Å². The topological polar surface area (TPSA) is 91.8 Å². The summed E-state index contributed by atoms with van der Waals surface area (Å²) >= 11 is 0. The molecule has 2 N–H and O–H groups in total. The second-order valence-corrected chi connectivity index (χ2v) is 3.44. The molecule has 2 rings (SSSR count). The average molecular weight is 236 g/mol. The maximum Gasteiger partial charge on any atom is 0.304 e. The van der Waals surface area contributed by atoms with Crippen molar-refractivity contribution in [2.75, 3.05) is 0 Å². The third-order valence-corrected chi connectivity index (χ3v) is 2.33. The Morgan fingerprint density at radius 3 is 2.82 bits per heavy atom. The number of carbonyl (C=O) groups is 1. The van der Waals surface area contributed by atoms with E-state index in [1.165, 1.54) is 18.2 Å². The molecule has 0 aliphatic rings. The summed E-state index contributed by atoms with van der Waals surface area (Å²) in [6, 6.07) is 5.95. The molecule has 0 radical (unpaired) electrons. The van der Waals surface area contributed by atoms with Gasteiger partial charge in [0.15, 0.2) is 5.82 Å². The molecule has 0 fully saturated rings. The molecule has 2 aromatic rings. The highest BCUT2D eigenvalue weighted by Gasteiger charge is 2.24. The maximum absolute atomic E-state index is 13.6. The van der Waals surface area contributed by atoms with Gasteiger partial charge in [-0.15, -0.1) is 10.2 Å². The Morgan fingerprint density at radius 1 is 1.47 bits per heavy atom. The van der Waals surface area contributed by atoms with Gasteiger partial charge in [0.2, 0.25) is 0 Å². The van der Waals surface area contributed by atoms with Crippen molar-refractivity contribution in [1.82, 2.24) is 20.6 Å². The number of carboxylic acid groups (broad SMARTS) is 1. The second-order valence-electron chi connectivity index (χ2n) is 3.44. The van der Waals surface area contributed by atoms with Gasteiger partial charge in [0.25, 0.3) is 0 Å². The van der Waals surface area contributed by atoms with Crippen molar-refractivity contribution in [3.05, 3.63) is 41.5 Å². The van der Waals surface area contributed by atoms with Crippen LogP contribution in [-0.4, -0.2) is 31.7 Å². The van der Waals surface area contributed by atoms with Gasteiger partial charge in [0.1, 0.15) is 5.82 Å². The molecule has 0 aliphatic carbocycles. The highest BCUT2D eigenvalue weighted by atomic mass is 19.1. The number of aliphatic carboxylic acids is 1. The van der Waals surface area contributed by atoms with Crippen LogP contribution in [0.3, 0.4) is 0 Å². The Bertz CT molecular complexity index is 515. The van der Waals surface area contributed by atoms with Gasteiger partial charge in [-0.3, -0.25) is 4.79 Å². The third kappa shape index (κ3) is 2.44. The standard InChI is InChI=1S/C10H9FN4O2/c11-8-4-2-1-3-6(8)7(5-9(16)17)10-12-14-15-13-10/h1-4,7H,5H2,(H,16,17)(H,12,13,14,15). The Labute approximate surface area is 95.5 Å². The zero-order valence-electron chi connectivity index (χ0n) is 8.67. The molecule has 1 heterocycles. The number of tetrazole rings is 1. The summed E-state index contributed by atoms with van der Waals surface area (Å²) in [4.78, 5) is 10.8. The SMILES string of the molecule is O=C(O)CC(c1nn[nH]n1)c1ccccc1F. The van der Waals surface area contributed by atoms with Gasteiger partial charge in [-0.1, -0.05) is 23.4 Å². The first-order valence-electron chi connectivity index (χ1n) is 4.88. The van der Waals surface area contributed by atoms with E-state index in [9.17, 15) is 9.18 Å². The number of aromatic amines is 1. The van der Waals surface area contributed by atoms with Crippen molar-refractivity contribution in [3.63, 3.8) is 0 Å². The first-order valence-corrected chi connectivity index (χ1v) is 4.88. The lowest BCUT2D eigenvalue weighted by atomic mass is 9.94. The summed E-state index contributed by atoms with van der Waals surface area (Å²) in [6.07, 6.45) is -0.291. The molecule has 0 amide bonds. The van der Waals surface area contributed by atoms with Gasteiger partial charge in [-0.05, 0) is 11.6 Å². The number of nitrogens with zero attached hydrogens (tertiary/aromatic N) is 3. The van der Waals surface area contributed by atoms with Crippen LogP contribution in [0.5, 0.6) is 0 Å². The van der Waals surface area contributed by atoms with Gasteiger partial charge in [-0.2, -0.15) is 5.21 Å². The monoisotopic (exact) mass is 236 g/mol. The van der Waals surface area contributed by atoms with Crippen LogP contribution in [0.25, 0.3) is 0 Å². The molecule has 1 aromatic carbocycles. The van der Waals surface area contributed by atoms with Crippen LogP contribution in [0.1, 0.15) is 23.7 Å². The summed E-state index contributed by atoms with van der Waals surface area (Å²) in [5, 5.41) is 21.8. The van der Waals surface area contributed by atoms with Crippen LogP contribution in [-0.2, 0) is 4.79 Å². The third-order valence-electron chi connectivity index (χ3n) is 2.33. The Morgan fingerprint density at radius 2 is 2.24 bits per heavy atom. The van der Waals surface area contributed by atoms with Gasteiger partial charge in [0.05, 0.1) is 12.3 Å². The zero-order valence-corrected chi connectivity index (χ0v) is 8.67. The van der Waals surface area contributed by atoms with Crippen molar-refractivity contribution in [3.8, 4) is 0 Å². The molecule has 88 valence electrons. The van der Waals surface area contributed by atoms with Gasteiger partial charge < -0.3 is 5.11 Å². The molecule has 0 bridgehead atoms. The fraction of sp³-hybridized carbons (Fsp3) is 0.200. The summed E-state index contributed by atoms with van der Waals surface area (Å²) in [6.45, 7) is 0. The normalized spacial score (nSPS) is 12.3. The number of rotatable bonds is 4. The lowest BCUT2D eigenvalue weighted by Gasteiger charge is -2.11. The van der Waals surface area contributed by atoms with Crippen LogP contribution < -0.4 is 0 Å². The van der Waals surface area contributed by atoms with Crippen molar-refractivity contribution < 1.29 is 14.3 Å². The fourth-order valence-corrected chi connectivity index (χ4v) is 1.59. The minimum Gasteiger partial charge on any atom is -0.481 e. The molecule has 1 atom stereocenters. The highest BCUT2D eigenvalue weighted by molar-refractivity contribution is 5.68. The summed E-state index contributed by atoms with van der Waals surface area (Å²) in [7, 11) is 0. The predicted octanol–water partition coefficient (Wildman–Crippen LogP) is 0.945. The number of aromatic nitrogens is 4. The molecule has 6 nitrogen and oxygen atoms in total. The van der Waals surface area contributed by atoms with E-state index in [0.29, 0.717) is 0 Å². The minimum atomic E-state index is -1.05. The quantitative estimate of drug-likeness (QED) is 0.824. The molecular weight excluding hydrogens is 227 g/mol. The molecule has 1 aromatic heterocycles. The Kier molecular flexibility index (Phi) is 3.08. The van der Waals surface area contributed by atoms with E-state index < -0.39 is 17.7 Å². The Balaban J connectivity index is 2.41. The number of benzene rings is 1. The zero-order chi connectivity index (χ0) is 12.3. The lowest BCUT2D eigenvalue weighted by Crippen LogP contribution is -2.11. The molecule has 17 heavy (non-hydrogen) atoms. The van der Waals surface area contributed by atoms with Crippen LogP contribution in [0, 0.1) is 5.82 Å². The average Bonchev–Trinajstić information content (AvgIpc) is 2.80. The summed E-state index contributed by atoms with van der Waals surface area (Å²) in [5.74, 6) is -2.11. The molecule has 0 saturated heterocycles. The first kappa shape index (κ1) is 11.2. The molecule has 0 spiro atoms. The smallest absolute Gasteiger partial charge is 0.304 e. The van der Waals surface area contributed by atoms with Crippen molar-refractivity contribution in [2.24, 2.45) is 0 Å². The molecule has 0 saturated carbocycles. The van der Waals surface area contributed by atoms with Crippen LogP contribution >= 0.6 is 0 Å². The minimum absolute atomic E-state index is 0.164. The van der Waals surface area contributed by atoms with Gasteiger partial charge in [-0.25, -0.2) is 4.39 Å². The van der Waals surface area contributed by atoms with E-state index in [-0.39, 0.29) is 17.8 Å². The number of hydrogen-bond acceptors (Lipinski definition) is 4. The maximum atomic E-state index is 13.6. The van der Waals surface area contributed by atoms with Crippen molar-refractivity contribution in [1.29, 1.82) is 0 Å². The van der Waals surface area contributed by atoms with E-state index >= 15 is 0 Å². The fourth-order valence-electron chi connectivity index (χ4n) is 1.59. The lowest BCUT2D eigenvalue weighted by molar-refractivity contribution is -0.137. The highest BCUT2D eigenvalue weighted by Crippen LogP contribution is 2.26. The van der Waals surface area contributed by atoms with Crippen molar-refractivity contribution in [2.45, 2.75) is 12.3 Å². The first-order chi connectivity index (χ1) is 8.18. The summed E-state index contributed by atoms with van der Waals surface area (Å²) < 4.78 is 13.6. The largest absolute Gasteiger partial charge is 0.481 e. The number of carboxylic acids is 1. The number of halogens is 1. The summed E-state index contributed by atoms with van der Waals surface area (Å²) in [5.41, 5.74) is 0.247. The predicted molar refractivity (Wildman–Crippen MR) is 54.7 cm³/mol. The van der Waals surface area contributed by atoms with Crippen LogP contribution in [0.4, 0.5) is 4.39 Å². The van der Waals surface area contributed by atoms with Gasteiger partial charge in [0, 0.05) is 0 Å². The Hall–Kier alpha value is -2.31. The van der Waals surface area contributed by atoms with E-state index in [1.54, 1.807) is 6.07 Å². The second kappa shape index (κ2) is 4.69. The number of nitrogens with one attached hydrogen (secondary N) is 1. The molecule has 7 heteroatoms. The molecule has 1 unspecified atom stereocenters. The van der Waals surface area contributed by atoms with Crippen LogP contribution in [0.2, 0.25) is 0 Å². The van der Waals surface area contributed by atoms with E-state index in [0.717, 1.165) is 0 Å².